The predicted molar refractivity (Wildman–Crippen MR) is 62.5 cm³/mol. The van der Waals surface area contributed by atoms with Crippen molar-refractivity contribution in [2.24, 2.45) is 5.92 Å². The number of hydrogen-bond donors (Lipinski definition) is 1. The van der Waals surface area contributed by atoms with E-state index in [4.69, 9.17) is 0 Å². The minimum absolute atomic E-state index is 0.337. The Kier molecular flexibility index (Phi) is 5.26. The molecule has 0 saturated heterocycles. The first-order chi connectivity index (χ1) is 7.31. The van der Waals surface area contributed by atoms with E-state index in [2.05, 4.69) is 29.1 Å². The fraction of sp³-hybridized carbons (Fsp3) is 0.667. The molecule has 3 heteroatoms. The van der Waals surface area contributed by atoms with Crippen LogP contribution in [0.1, 0.15) is 44.8 Å². The van der Waals surface area contributed by atoms with Gasteiger partial charge in [0, 0.05) is 18.6 Å². The SMILES string of the molecule is CCC(CC)CC(NC)c1cnccn1. The molecule has 84 valence electrons. The van der Waals surface area contributed by atoms with Crippen LogP contribution in [-0.2, 0) is 0 Å². The smallest absolute Gasteiger partial charge is 0.0756 e. The lowest BCUT2D eigenvalue weighted by atomic mass is 9.93. The van der Waals surface area contributed by atoms with E-state index in [-0.39, 0.29) is 0 Å². The highest BCUT2D eigenvalue weighted by Gasteiger charge is 2.15. The van der Waals surface area contributed by atoms with E-state index in [0.29, 0.717) is 6.04 Å². The molecule has 0 fully saturated rings. The molecule has 0 aliphatic heterocycles. The van der Waals surface area contributed by atoms with Crippen molar-refractivity contribution in [3.63, 3.8) is 0 Å². The van der Waals surface area contributed by atoms with Crippen LogP contribution in [0.3, 0.4) is 0 Å². The van der Waals surface area contributed by atoms with Crippen molar-refractivity contribution in [3.8, 4) is 0 Å². The van der Waals surface area contributed by atoms with E-state index in [1.165, 1.54) is 12.8 Å². The summed E-state index contributed by atoms with van der Waals surface area (Å²) in [4.78, 5) is 8.46. The molecule has 0 saturated carbocycles. The summed E-state index contributed by atoms with van der Waals surface area (Å²) in [5.41, 5.74) is 1.05. The Balaban J connectivity index is 2.64. The summed E-state index contributed by atoms with van der Waals surface area (Å²) >= 11 is 0. The van der Waals surface area contributed by atoms with Gasteiger partial charge in [0.05, 0.1) is 11.7 Å². The van der Waals surface area contributed by atoms with Crippen molar-refractivity contribution >= 4 is 0 Å². The molecule has 0 bridgehead atoms. The van der Waals surface area contributed by atoms with Crippen LogP contribution in [-0.4, -0.2) is 17.0 Å². The number of nitrogens with zero attached hydrogens (tertiary/aromatic N) is 2. The lowest BCUT2D eigenvalue weighted by Gasteiger charge is -2.20. The average molecular weight is 207 g/mol. The summed E-state index contributed by atoms with van der Waals surface area (Å²) in [6, 6.07) is 0.337. The van der Waals surface area contributed by atoms with Crippen LogP contribution >= 0.6 is 0 Å². The number of hydrogen-bond acceptors (Lipinski definition) is 3. The van der Waals surface area contributed by atoms with Crippen LogP contribution in [0, 0.1) is 5.92 Å². The molecule has 1 N–H and O–H groups in total. The maximum atomic E-state index is 4.35. The van der Waals surface area contributed by atoms with Crippen LogP contribution < -0.4 is 5.32 Å². The molecule has 1 atom stereocenters. The maximum Gasteiger partial charge on any atom is 0.0756 e. The molecular weight excluding hydrogens is 186 g/mol. The van der Waals surface area contributed by atoms with Crippen LogP contribution in [0.5, 0.6) is 0 Å². The van der Waals surface area contributed by atoms with Crippen molar-refractivity contribution < 1.29 is 0 Å². The van der Waals surface area contributed by atoms with Crippen molar-refractivity contribution in [1.82, 2.24) is 15.3 Å². The Morgan fingerprint density at radius 1 is 1.27 bits per heavy atom. The topological polar surface area (TPSA) is 37.8 Å². The summed E-state index contributed by atoms with van der Waals surface area (Å²) in [5, 5.41) is 3.31. The van der Waals surface area contributed by atoms with Gasteiger partial charge in [-0.2, -0.15) is 0 Å². The van der Waals surface area contributed by atoms with E-state index >= 15 is 0 Å². The molecule has 15 heavy (non-hydrogen) atoms. The minimum Gasteiger partial charge on any atom is -0.312 e. The van der Waals surface area contributed by atoms with Gasteiger partial charge in [-0.1, -0.05) is 26.7 Å². The molecule has 0 aromatic carbocycles. The fourth-order valence-electron chi connectivity index (χ4n) is 1.83. The molecule has 1 rings (SSSR count). The quantitative estimate of drug-likeness (QED) is 0.779. The number of nitrogens with one attached hydrogen (secondary N) is 1. The van der Waals surface area contributed by atoms with E-state index in [1.807, 2.05) is 13.2 Å². The zero-order valence-electron chi connectivity index (χ0n) is 9.90. The van der Waals surface area contributed by atoms with Crippen molar-refractivity contribution in [2.75, 3.05) is 7.05 Å². The Morgan fingerprint density at radius 3 is 2.47 bits per heavy atom. The van der Waals surface area contributed by atoms with Gasteiger partial charge in [-0.15, -0.1) is 0 Å². The van der Waals surface area contributed by atoms with Crippen molar-refractivity contribution in [2.45, 2.75) is 39.2 Å². The number of aromatic nitrogens is 2. The fourth-order valence-corrected chi connectivity index (χ4v) is 1.83. The Hall–Kier alpha value is -0.960. The molecule has 0 aliphatic rings. The van der Waals surface area contributed by atoms with Gasteiger partial charge < -0.3 is 5.32 Å². The summed E-state index contributed by atoms with van der Waals surface area (Å²) in [6.45, 7) is 4.50. The molecule has 0 aliphatic carbocycles. The minimum atomic E-state index is 0.337. The standard InChI is InChI=1S/C12H21N3/c1-4-10(5-2)8-11(13-3)12-9-14-6-7-15-12/h6-7,9-11,13H,4-5,8H2,1-3H3. The van der Waals surface area contributed by atoms with Gasteiger partial charge in [0.1, 0.15) is 0 Å². The first kappa shape index (κ1) is 12.1. The average Bonchev–Trinajstić information content (AvgIpc) is 2.32. The summed E-state index contributed by atoms with van der Waals surface area (Å²) in [6.07, 6.45) is 8.93. The van der Waals surface area contributed by atoms with Gasteiger partial charge in [0.2, 0.25) is 0 Å². The third kappa shape index (κ3) is 3.59. The third-order valence-corrected chi connectivity index (χ3v) is 3.01. The van der Waals surface area contributed by atoms with E-state index in [1.54, 1.807) is 12.4 Å². The normalized spacial score (nSPS) is 13.1. The van der Waals surface area contributed by atoms with Crippen LogP contribution in [0.2, 0.25) is 0 Å². The van der Waals surface area contributed by atoms with Gasteiger partial charge in [0.25, 0.3) is 0 Å². The molecule has 1 unspecified atom stereocenters. The largest absolute Gasteiger partial charge is 0.312 e. The second-order valence-electron chi connectivity index (χ2n) is 3.89. The molecule has 0 radical (unpaired) electrons. The Labute approximate surface area is 92.3 Å². The molecule has 0 amide bonds. The maximum absolute atomic E-state index is 4.35. The summed E-state index contributed by atoms with van der Waals surface area (Å²) in [7, 11) is 1.99. The van der Waals surface area contributed by atoms with E-state index < -0.39 is 0 Å². The monoisotopic (exact) mass is 207 g/mol. The van der Waals surface area contributed by atoms with Crippen molar-refractivity contribution in [3.05, 3.63) is 24.3 Å². The molecular formula is C12H21N3. The lowest BCUT2D eigenvalue weighted by molar-refractivity contribution is 0.380. The van der Waals surface area contributed by atoms with Crippen molar-refractivity contribution in [1.29, 1.82) is 0 Å². The summed E-state index contributed by atoms with van der Waals surface area (Å²) in [5.74, 6) is 0.768. The highest BCUT2D eigenvalue weighted by Crippen LogP contribution is 2.22. The van der Waals surface area contributed by atoms with Gasteiger partial charge in [0.15, 0.2) is 0 Å². The van der Waals surface area contributed by atoms with Gasteiger partial charge in [-0.05, 0) is 19.4 Å². The van der Waals surface area contributed by atoms with Crippen LogP contribution in [0.4, 0.5) is 0 Å². The first-order valence-corrected chi connectivity index (χ1v) is 5.74. The zero-order chi connectivity index (χ0) is 11.1. The van der Waals surface area contributed by atoms with Crippen LogP contribution in [0.15, 0.2) is 18.6 Å². The van der Waals surface area contributed by atoms with Gasteiger partial charge >= 0.3 is 0 Å². The Morgan fingerprint density at radius 2 is 2.00 bits per heavy atom. The molecule has 0 spiro atoms. The predicted octanol–water partition coefficient (Wildman–Crippen LogP) is 2.56. The Bertz CT molecular complexity index is 257. The first-order valence-electron chi connectivity index (χ1n) is 5.74. The molecule has 3 nitrogen and oxygen atoms in total. The highest BCUT2D eigenvalue weighted by atomic mass is 14.9. The molecule has 1 aromatic heterocycles. The van der Waals surface area contributed by atoms with Gasteiger partial charge in [-0.3, -0.25) is 9.97 Å². The highest BCUT2D eigenvalue weighted by molar-refractivity contribution is 5.02. The zero-order valence-corrected chi connectivity index (χ0v) is 9.90. The van der Waals surface area contributed by atoms with E-state index in [0.717, 1.165) is 18.0 Å². The molecule has 1 aromatic rings. The second kappa shape index (κ2) is 6.51. The second-order valence-corrected chi connectivity index (χ2v) is 3.89. The van der Waals surface area contributed by atoms with Gasteiger partial charge in [-0.25, -0.2) is 0 Å². The van der Waals surface area contributed by atoms with Crippen LogP contribution in [0.25, 0.3) is 0 Å². The van der Waals surface area contributed by atoms with E-state index in [9.17, 15) is 0 Å². The third-order valence-electron chi connectivity index (χ3n) is 3.01. The molecule has 1 heterocycles. The number of rotatable bonds is 6. The lowest BCUT2D eigenvalue weighted by Crippen LogP contribution is -2.20. The summed E-state index contributed by atoms with van der Waals surface area (Å²) < 4.78 is 0.